The van der Waals surface area contributed by atoms with Gasteiger partial charge in [-0.1, -0.05) is 13.3 Å². The molecule has 0 unspecified atom stereocenters. The van der Waals surface area contributed by atoms with Gasteiger partial charge in [0.05, 0.1) is 17.0 Å². The molecule has 102 valence electrons. The Labute approximate surface area is 116 Å². The second kappa shape index (κ2) is 4.71. The summed E-state index contributed by atoms with van der Waals surface area (Å²) in [6, 6.07) is 6.32. The highest BCUT2D eigenvalue weighted by Crippen LogP contribution is 2.36. The molecule has 20 heavy (non-hydrogen) atoms. The van der Waals surface area contributed by atoms with Crippen LogP contribution in [-0.2, 0) is 12.8 Å². The predicted octanol–water partition coefficient (Wildman–Crippen LogP) is 3.44. The lowest BCUT2D eigenvalue weighted by molar-refractivity contribution is 0.0695. The summed E-state index contributed by atoms with van der Waals surface area (Å²) in [5.74, 6) is -1.23. The number of aromatic nitrogens is 1. The zero-order valence-corrected chi connectivity index (χ0v) is 11.1. The molecule has 0 saturated carbocycles. The molecule has 3 nitrogen and oxygen atoms in total. The van der Waals surface area contributed by atoms with E-state index in [0.29, 0.717) is 18.5 Å². The number of carboxylic acid groups (broad SMARTS) is 1. The maximum Gasteiger partial charge on any atom is 0.337 e. The maximum atomic E-state index is 13.3. The highest BCUT2D eigenvalue weighted by molar-refractivity contribution is 5.90. The monoisotopic (exact) mass is 271 g/mol. The summed E-state index contributed by atoms with van der Waals surface area (Å²) in [6.45, 7) is 1.99. The second-order valence-electron chi connectivity index (χ2n) is 5.02. The van der Waals surface area contributed by atoms with Gasteiger partial charge in [0.25, 0.3) is 0 Å². The molecule has 0 atom stereocenters. The van der Waals surface area contributed by atoms with Gasteiger partial charge < -0.3 is 5.11 Å². The number of carbonyl (C=O) groups is 1. The first-order valence-corrected chi connectivity index (χ1v) is 6.65. The van der Waals surface area contributed by atoms with Crippen LogP contribution >= 0.6 is 0 Å². The number of hydrogen-bond acceptors (Lipinski definition) is 2. The first-order valence-electron chi connectivity index (χ1n) is 6.65. The predicted molar refractivity (Wildman–Crippen MR) is 73.4 cm³/mol. The largest absolute Gasteiger partial charge is 0.478 e. The van der Waals surface area contributed by atoms with E-state index < -0.39 is 5.97 Å². The van der Waals surface area contributed by atoms with Gasteiger partial charge in [0, 0.05) is 12.0 Å². The molecule has 0 spiro atoms. The third-order valence-electron chi connectivity index (χ3n) is 3.60. The molecule has 1 aliphatic rings. The molecule has 0 saturated heterocycles. The van der Waals surface area contributed by atoms with E-state index in [1.54, 1.807) is 12.1 Å². The Bertz CT molecular complexity index is 710. The van der Waals surface area contributed by atoms with E-state index in [1.165, 1.54) is 12.1 Å². The summed E-state index contributed by atoms with van der Waals surface area (Å²) in [7, 11) is 0. The zero-order valence-electron chi connectivity index (χ0n) is 11.1. The van der Waals surface area contributed by atoms with E-state index in [0.717, 1.165) is 28.8 Å². The summed E-state index contributed by atoms with van der Waals surface area (Å²) >= 11 is 0. The SMILES string of the molecule is CCCc1nc2c(cc1C(=O)O)Cc1cc(F)ccc1-2. The lowest BCUT2D eigenvalue weighted by Gasteiger charge is -2.08. The molecule has 0 aliphatic heterocycles. The number of fused-ring (bicyclic) bond motifs is 3. The Balaban J connectivity index is 2.17. The maximum absolute atomic E-state index is 13.3. The molecule has 3 rings (SSSR count). The highest BCUT2D eigenvalue weighted by Gasteiger charge is 2.24. The summed E-state index contributed by atoms with van der Waals surface area (Å²) < 4.78 is 13.3. The third kappa shape index (κ3) is 1.97. The van der Waals surface area contributed by atoms with Gasteiger partial charge in [0.2, 0.25) is 0 Å². The topological polar surface area (TPSA) is 50.2 Å². The van der Waals surface area contributed by atoms with Gasteiger partial charge >= 0.3 is 5.97 Å². The standard InChI is InChI=1S/C16H14FNO2/c1-2-3-14-13(16(19)20)8-10-6-9-7-11(17)4-5-12(9)15(10)18-14/h4-5,7-8H,2-3,6H2,1H3,(H,19,20). The molecule has 1 N–H and O–H groups in total. The van der Waals surface area contributed by atoms with Gasteiger partial charge in [-0.05, 0) is 41.8 Å². The van der Waals surface area contributed by atoms with Crippen LogP contribution in [0.2, 0.25) is 0 Å². The zero-order chi connectivity index (χ0) is 14.3. The van der Waals surface area contributed by atoms with E-state index in [9.17, 15) is 14.3 Å². The van der Waals surface area contributed by atoms with Crippen LogP contribution in [0.5, 0.6) is 0 Å². The minimum absolute atomic E-state index is 0.263. The number of pyridine rings is 1. The number of rotatable bonds is 3. The van der Waals surface area contributed by atoms with Gasteiger partial charge in [0.1, 0.15) is 5.82 Å². The molecule has 0 bridgehead atoms. The molecule has 1 aromatic heterocycles. The summed E-state index contributed by atoms with van der Waals surface area (Å²) in [6.07, 6.45) is 2.01. The van der Waals surface area contributed by atoms with Crippen molar-refractivity contribution < 1.29 is 14.3 Å². The Morgan fingerprint density at radius 2 is 2.15 bits per heavy atom. The average Bonchev–Trinajstić information content (AvgIpc) is 2.74. The fraction of sp³-hybridized carbons (Fsp3) is 0.250. The number of aryl methyl sites for hydroxylation is 1. The van der Waals surface area contributed by atoms with Crippen molar-refractivity contribution >= 4 is 5.97 Å². The van der Waals surface area contributed by atoms with Gasteiger partial charge in [0.15, 0.2) is 0 Å². The van der Waals surface area contributed by atoms with E-state index >= 15 is 0 Å². The molecule has 0 radical (unpaired) electrons. The van der Waals surface area contributed by atoms with Gasteiger partial charge in [-0.3, -0.25) is 4.98 Å². The fourth-order valence-electron chi connectivity index (χ4n) is 2.72. The average molecular weight is 271 g/mol. The van der Waals surface area contributed by atoms with Gasteiger partial charge in [-0.15, -0.1) is 0 Å². The molecule has 0 amide bonds. The number of hydrogen-bond donors (Lipinski definition) is 1. The van der Waals surface area contributed by atoms with Crippen molar-refractivity contribution in [2.24, 2.45) is 0 Å². The van der Waals surface area contributed by atoms with Gasteiger partial charge in [-0.25, -0.2) is 9.18 Å². The summed E-state index contributed by atoms with van der Waals surface area (Å²) in [5.41, 5.74) is 4.32. The van der Waals surface area contributed by atoms with Crippen LogP contribution in [0, 0.1) is 5.82 Å². The van der Waals surface area contributed by atoms with Crippen molar-refractivity contribution in [3.63, 3.8) is 0 Å². The normalized spacial score (nSPS) is 12.1. The van der Waals surface area contributed by atoms with E-state index in [-0.39, 0.29) is 11.4 Å². The number of halogens is 1. The van der Waals surface area contributed by atoms with Crippen LogP contribution < -0.4 is 0 Å². The molecular formula is C16H14FNO2. The van der Waals surface area contributed by atoms with Crippen molar-refractivity contribution in [1.82, 2.24) is 4.98 Å². The third-order valence-corrected chi connectivity index (χ3v) is 3.60. The lowest BCUT2D eigenvalue weighted by Crippen LogP contribution is -2.06. The number of aromatic carboxylic acids is 1. The first kappa shape index (κ1) is 12.8. The minimum atomic E-state index is -0.953. The highest BCUT2D eigenvalue weighted by atomic mass is 19.1. The Kier molecular flexibility index (Phi) is 3.01. The molecular weight excluding hydrogens is 257 g/mol. The quantitative estimate of drug-likeness (QED) is 0.793. The van der Waals surface area contributed by atoms with Gasteiger partial charge in [-0.2, -0.15) is 0 Å². The summed E-state index contributed by atoms with van der Waals surface area (Å²) in [5, 5.41) is 9.28. The second-order valence-corrected chi connectivity index (χ2v) is 5.02. The van der Waals surface area contributed by atoms with E-state index in [2.05, 4.69) is 4.98 Å². The molecule has 1 aromatic carbocycles. The van der Waals surface area contributed by atoms with Crippen LogP contribution in [0.3, 0.4) is 0 Å². The van der Waals surface area contributed by atoms with Crippen molar-refractivity contribution in [3.8, 4) is 11.3 Å². The Morgan fingerprint density at radius 3 is 2.85 bits per heavy atom. The van der Waals surface area contributed by atoms with Crippen LogP contribution in [0.1, 0.15) is 40.5 Å². The van der Waals surface area contributed by atoms with Crippen LogP contribution in [0.25, 0.3) is 11.3 Å². The van der Waals surface area contributed by atoms with E-state index in [4.69, 9.17) is 0 Å². The van der Waals surface area contributed by atoms with Crippen molar-refractivity contribution in [2.45, 2.75) is 26.2 Å². The molecule has 2 aromatic rings. The minimum Gasteiger partial charge on any atom is -0.478 e. The molecule has 0 fully saturated rings. The number of benzene rings is 1. The van der Waals surface area contributed by atoms with E-state index in [1.807, 2.05) is 6.92 Å². The van der Waals surface area contributed by atoms with Crippen molar-refractivity contribution in [2.75, 3.05) is 0 Å². The smallest absolute Gasteiger partial charge is 0.337 e. The Morgan fingerprint density at radius 1 is 1.35 bits per heavy atom. The van der Waals surface area contributed by atoms with Crippen molar-refractivity contribution in [1.29, 1.82) is 0 Å². The number of nitrogens with zero attached hydrogens (tertiary/aromatic N) is 1. The van der Waals surface area contributed by atoms with Crippen molar-refractivity contribution in [3.05, 3.63) is 52.5 Å². The first-order chi connectivity index (χ1) is 9.60. The molecule has 1 aliphatic carbocycles. The van der Waals surface area contributed by atoms with Crippen LogP contribution in [0.15, 0.2) is 24.3 Å². The summed E-state index contributed by atoms with van der Waals surface area (Å²) in [4.78, 5) is 15.9. The van der Waals surface area contributed by atoms with Crippen LogP contribution in [0.4, 0.5) is 4.39 Å². The fourth-order valence-corrected chi connectivity index (χ4v) is 2.72. The number of carboxylic acids is 1. The lowest BCUT2D eigenvalue weighted by atomic mass is 10.0. The molecule has 1 heterocycles. The Hall–Kier alpha value is -2.23. The van der Waals surface area contributed by atoms with Crippen LogP contribution in [-0.4, -0.2) is 16.1 Å². The molecule has 4 heteroatoms.